The molecule has 0 spiro atoms. The molecule has 1 aromatic rings. The minimum Gasteiger partial charge on any atom is -0.378 e. The largest absolute Gasteiger partial charge is 0.378 e. The molecule has 1 amide bonds. The van der Waals surface area contributed by atoms with E-state index in [0.717, 1.165) is 44.7 Å². The summed E-state index contributed by atoms with van der Waals surface area (Å²) in [7, 11) is 0. The monoisotopic (exact) mass is 375 g/mol. The Bertz CT molecular complexity index is 587. The number of carbonyl (C=O) groups is 1. The summed E-state index contributed by atoms with van der Waals surface area (Å²) in [4.78, 5) is 25.6. The Morgan fingerprint density at radius 3 is 2.70 bits per heavy atom. The van der Waals surface area contributed by atoms with Gasteiger partial charge in [-0.3, -0.25) is 9.69 Å². The van der Waals surface area contributed by atoms with Gasteiger partial charge in [0.15, 0.2) is 0 Å². The van der Waals surface area contributed by atoms with Gasteiger partial charge >= 0.3 is 0 Å². The number of nitrogens with zero attached hydrogens (tertiary/aromatic N) is 4. The van der Waals surface area contributed by atoms with Gasteiger partial charge in [-0.15, -0.1) is 0 Å². The smallest absolute Gasteiger partial charge is 0.222 e. The summed E-state index contributed by atoms with van der Waals surface area (Å²) in [6, 6.07) is 0.332. The Balaban J connectivity index is 1.42. The first-order valence-corrected chi connectivity index (χ1v) is 10.3. The van der Waals surface area contributed by atoms with E-state index in [0.29, 0.717) is 37.5 Å². The SMILES string of the molecule is CC(C)Nc1ncc(CN2CCC[C@@H](CCC(=O)N3CCOCC3)C2)cn1. The lowest BCUT2D eigenvalue weighted by Gasteiger charge is -2.33. The molecule has 0 unspecified atom stereocenters. The van der Waals surface area contributed by atoms with Gasteiger partial charge in [-0.25, -0.2) is 9.97 Å². The molecule has 7 heteroatoms. The van der Waals surface area contributed by atoms with Crippen LogP contribution in [0.4, 0.5) is 5.95 Å². The van der Waals surface area contributed by atoms with Gasteiger partial charge in [0.2, 0.25) is 11.9 Å². The average molecular weight is 376 g/mol. The molecule has 2 aliphatic rings. The number of amides is 1. The third kappa shape index (κ3) is 6.43. The lowest BCUT2D eigenvalue weighted by atomic mass is 9.93. The van der Waals surface area contributed by atoms with Crippen LogP contribution >= 0.6 is 0 Å². The van der Waals surface area contributed by atoms with E-state index in [2.05, 4.69) is 34.0 Å². The van der Waals surface area contributed by atoms with E-state index in [1.807, 2.05) is 17.3 Å². The van der Waals surface area contributed by atoms with E-state index < -0.39 is 0 Å². The number of morpholine rings is 1. The maximum atomic E-state index is 12.4. The molecule has 2 saturated heterocycles. The molecule has 3 rings (SSSR count). The zero-order valence-electron chi connectivity index (χ0n) is 16.7. The molecule has 7 nitrogen and oxygen atoms in total. The number of piperidine rings is 1. The molecule has 1 N–H and O–H groups in total. The Morgan fingerprint density at radius 1 is 1.26 bits per heavy atom. The van der Waals surface area contributed by atoms with Crippen LogP contribution in [0.15, 0.2) is 12.4 Å². The molecule has 3 heterocycles. The van der Waals surface area contributed by atoms with Crippen LogP contribution in [0.2, 0.25) is 0 Å². The predicted octanol–water partition coefficient (Wildman–Crippen LogP) is 2.15. The highest BCUT2D eigenvalue weighted by atomic mass is 16.5. The normalized spacial score (nSPS) is 21.4. The quantitative estimate of drug-likeness (QED) is 0.787. The van der Waals surface area contributed by atoms with Crippen molar-refractivity contribution in [3.63, 3.8) is 0 Å². The van der Waals surface area contributed by atoms with Crippen molar-refractivity contribution in [2.24, 2.45) is 5.92 Å². The van der Waals surface area contributed by atoms with Crippen LogP contribution in [0, 0.1) is 5.92 Å². The second-order valence-electron chi connectivity index (χ2n) is 7.99. The highest BCUT2D eigenvalue weighted by Crippen LogP contribution is 2.23. The Labute approximate surface area is 162 Å². The Hall–Kier alpha value is -1.73. The van der Waals surface area contributed by atoms with Gasteiger partial charge in [-0.05, 0) is 45.6 Å². The molecule has 2 aliphatic heterocycles. The van der Waals surface area contributed by atoms with Crippen molar-refractivity contribution in [1.82, 2.24) is 19.8 Å². The minimum atomic E-state index is 0.289. The van der Waals surface area contributed by atoms with Gasteiger partial charge in [-0.2, -0.15) is 0 Å². The van der Waals surface area contributed by atoms with Crippen LogP contribution < -0.4 is 5.32 Å². The zero-order chi connectivity index (χ0) is 19.1. The fourth-order valence-electron chi connectivity index (χ4n) is 3.86. The molecule has 2 fully saturated rings. The fourth-order valence-corrected chi connectivity index (χ4v) is 3.86. The summed E-state index contributed by atoms with van der Waals surface area (Å²) in [5.74, 6) is 1.58. The van der Waals surface area contributed by atoms with Crippen molar-refractivity contribution in [1.29, 1.82) is 0 Å². The molecule has 0 bridgehead atoms. The standard InChI is InChI=1S/C20H33N5O2/c1-16(2)23-20-21-12-18(13-22-20)15-24-7-3-4-17(14-24)5-6-19(26)25-8-10-27-11-9-25/h12-13,16-17H,3-11,14-15H2,1-2H3,(H,21,22,23)/t17-/m0/s1. The number of aromatic nitrogens is 2. The predicted molar refractivity (Wildman–Crippen MR) is 105 cm³/mol. The molecular formula is C20H33N5O2. The molecule has 0 saturated carbocycles. The topological polar surface area (TPSA) is 70.6 Å². The number of carbonyl (C=O) groups excluding carboxylic acids is 1. The Morgan fingerprint density at radius 2 is 2.00 bits per heavy atom. The highest BCUT2D eigenvalue weighted by molar-refractivity contribution is 5.76. The van der Waals surface area contributed by atoms with Crippen LogP contribution in [0.5, 0.6) is 0 Å². The number of likely N-dealkylation sites (tertiary alicyclic amines) is 1. The molecule has 150 valence electrons. The van der Waals surface area contributed by atoms with E-state index >= 15 is 0 Å². The van der Waals surface area contributed by atoms with Gasteiger partial charge in [0, 0.05) is 56.6 Å². The van der Waals surface area contributed by atoms with Crippen LogP contribution in [0.1, 0.15) is 45.1 Å². The van der Waals surface area contributed by atoms with Gasteiger partial charge in [0.1, 0.15) is 0 Å². The number of rotatable bonds is 7. The summed E-state index contributed by atoms with van der Waals surface area (Å²) in [5.41, 5.74) is 1.15. The van der Waals surface area contributed by atoms with Crippen LogP contribution in [0.25, 0.3) is 0 Å². The summed E-state index contributed by atoms with van der Waals surface area (Å²) in [5, 5.41) is 3.22. The van der Waals surface area contributed by atoms with E-state index in [1.54, 1.807) is 0 Å². The van der Waals surface area contributed by atoms with Gasteiger partial charge < -0.3 is 15.0 Å². The molecule has 0 radical (unpaired) electrons. The molecule has 27 heavy (non-hydrogen) atoms. The second-order valence-corrected chi connectivity index (χ2v) is 7.99. The summed E-state index contributed by atoms with van der Waals surface area (Å²) in [6.07, 6.45) is 7.91. The van der Waals surface area contributed by atoms with Crippen molar-refractivity contribution in [3.05, 3.63) is 18.0 Å². The van der Waals surface area contributed by atoms with E-state index in [1.165, 1.54) is 12.8 Å². The summed E-state index contributed by atoms with van der Waals surface area (Å²) < 4.78 is 5.33. The van der Waals surface area contributed by atoms with Crippen LogP contribution in [0.3, 0.4) is 0 Å². The van der Waals surface area contributed by atoms with Crippen LogP contribution in [-0.2, 0) is 16.1 Å². The lowest BCUT2D eigenvalue weighted by Crippen LogP contribution is -2.41. The number of hydrogen-bond acceptors (Lipinski definition) is 6. The molecular weight excluding hydrogens is 342 g/mol. The number of nitrogens with one attached hydrogen (secondary N) is 1. The van der Waals surface area contributed by atoms with Crippen LogP contribution in [-0.4, -0.2) is 71.1 Å². The molecule has 1 atom stereocenters. The van der Waals surface area contributed by atoms with E-state index in [9.17, 15) is 4.79 Å². The number of hydrogen-bond donors (Lipinski definition) is 1. The maximum absolute atomic E-state index is 12.4. The third-order valence-corrected chi connectivity index (χ3v) is 5.26. The first-order chi connectivity index (χ1) is 13.1. The highest BCUT2D eigenvalue weighted by Gasteiger charge is 2.23. The molecule has 0 aromatic carbocycles. The zero-order valence-corrected chi connectivity index (χ0v) is 16.7. The van der Waals surface area contributed by atoms with Crippen molar-refractivity contribution in [3.8, 4) is 0 Å². The second kappa shape index (κ2) is 9.99. The van der Waals surface area contributed by atoms with Crippen molar-refractivity contribution >= 4 is 11.9 Å². The fraction of sp³-hybridized carbons (Fsp3) is 0.750. The minimum absolute atomic E-state index is 0.289. The van der Waals surface area contributed by atoms with Gasteiger partial charge in [0.05, 0.1) is 13.2 Å². The van der Waals surface area contributed by atoms with Crippen molar-refractivity contribution in [2.45, 2.75) is 52.1 Å². The summed E-state index contributed by atoms with van der Waals surface area (Å²) >= 11 is 0. The lowest BCUT2D eigenvalue weighted by molar-refractivity contribution is -0.135. The van der Waals surface area contributed by atoms with Gasteiger partial charge in [-0.1, -0.05) is 0 Å². The van der Waals surface area contributed by atoms with E-state index in [-0.39, 0.29) is 5.91 Å². The molecule has 1 aromatic heterocycles. The van der Waals surface area contributed by atoms with Gasteiger partial charge in [0.25, 0.3) is 0 Å². The first kappa shape index (κ1) is 20.0. The van der Waals surface area contributed by atoms with E-state index in [4.69, 9.17) is 4.74 Å². The number of ether oxygens (including phenoxy) is 1. The first-order valence-electron chi connectivity index (χ1n) is 10.3. The average Bonchev–Trinajstić information content (AvgIpc) is 2.68. The number of anilines is 1. The van der Waals surface area contributed by atoms with Crippen molar-refractivity contribution in [2.75, 3.05) is 44.7 Å². The molecule has 0 aliphatic carbocycles. The summed E-state index contributed by atoms with van der Waals surface area (Å²) in [6.45, 7) is 10.1. The maximum Gasteiger partial charge on any atom is 0.222 e. The Kier molecular flexibility index (Phi) is 7.41. The third-order valence-electron chi connectivity index (χ3n) is 5.26. The van der Waals surface area contributed by atoms with Crippen molar-refractivity contribution < 1.29 is 9.53 Å².